The van der Waals surface area contributed by atoms with E-state index in [1.807, 2.05) is 13.8 Å². The minimum absolute atomic E-state index is 0.0190. The Morgan fingerprint density at radius 2 is 1.65 bits per heavy atom. The number of ether oxygens (including phenoxy) is 1. The molecule has 0 aliphatic carbocycles. The lowest BCUT2D eigenvalue weighted by Crippen LogP contribution is -2.49. The van der Waals surface area contributed by atoms with Crippen LogP contribution < -0.4 is 14.4 Å². The number of benzene rings is 2. The second-order valence-corrected chi connectivity index (χ2v) is 11.6. The molecule has 0 aromatic heterocycles. The van der Waals surface area contributed by atoms with E-state index in [4.69, 9.17) is 27.9 Å². The summed E-state index contributed by atoms with van der Waals surface area (Å²) in [5.74, 6) is -0.00116. The standard InChI is InChI=1S/C26H35Cl2N3O5S/c1-6-18(2)29-26(33)19(3)30(17-22-23(27)9-7-10-24(22)28)25(32)11-8-16-31(37(5,34)35)20-12-14-21(36-4)15-13-20/h7,9-10,12-15,18-19H,6,8,11,16-17H2,1-5H3,(H,29,33). The third kappa shape index (κ3) is 8.79. The molecule has 2 rings (SSSR count). The number of amides is 2. The van der Waals surface area contributed by atoms with Crippen molar-refractivity contribution in [2.24, 2.45) is 0 Å². The molecule has 0 aliphatic heterocycles. The van der Waals surface area contributed by atoms with E-state index in [1.165, 1.54) is 16.3 Å². The molecule has 0 heterocycles. The number of halogens is 2. The van der Waals surface area contributed by atoms with Gasteiger partial charge in [0, 0.05) is 41.2 Å². The minimum Gasteiger partial charge on any atom is -0.497 e. The highest BCUT2D eigenvalue weighted by molar-refractivity contribution is 7.92. The third-order valence-electron chi connectivity index (χ3n) is 6.07. The molecular weight excluding hydrogens is 537 g/mol. The van der Waals surface area contributed by atoms with Crippen LogP contribution in [0.5, 0.6) is 5.75 Å². The molecule has 2 aromatic rings. The lowest BCUT2D eigenvalue weighted by atomic mass is 10.1. The van der Waals surface area contributed by atoms with Gasteiger partial charge in [-0.25, -0.2) is 8.42 Å². The number of nitrogens with zero attached hydrogens (tertiary/aromatic N) is 2. The lowest BCUT2D eigenvalue weighted by Gasteiger charge is -2.30. The highest BCUT2D eigenvalue weighted by atomic mass is 35.5. The van der Waals surface area contributed by atoms with Crippen molar-refractivity contribution in [2.45, 2.75) is 58.7 Å². The fraction of sp³-hybridized carbons (Fsp3) is 0.462. The van der Waals surface area contributed by atoms with Crippen molar-refractivity contribution in [3.05, 3.63) is 58.1 Å². The van der Waals surface area contributed by atoms with Crippen LogP contribution in [0, 0.1) is 0 Å². The van der Waals surface area contributed by atoms with Gasteiger partial charge in [-0.1, -0.05) is 36.2 Å². The first kappa shape index (κ1) is 30.7. The van der Waals surface area contributed by atoms with Gasteiger partial charge >= 0.3 is 0 Å². The molecule has 0 spiro atoms. The number of nitrogens with one attached hydrogen (secondary N) is 1. The van der Waals surface area contributed by atoms with Gasteiger partial charge in [-0.2, -0.15) is 0 Å². The summed E-state index contributed by atoms with van der Waals surface area (Å²) >= 11 is 12.7. The van der Waals surface area contributed by atoms with Gasteiger partial charge in [-0.3, -0.25) is 13.9 Å². The minimum atomic E-state index is -3.59. The van der Waals surface area contributed by atoms with Crippen molar-refractivity contribution < 1.29 is 22.7 Å². The summed E-state index contributed by atoms with van der Waals surface area (Å²) in [6.45, 7) is 5.63. The van der Waals surface area contributed by atoms with Gasteiger partial charge in [0.15, 0.2) is 0 Å². The third-order valence-corrected chi connectivity index (χ3v) is 7.97. The first-order valence-electron chi connectivity index (χ1n) is 12.0. The zero-order valence-corrected chi connectivity index (χ0v) is 24.2. The van der Waals surface area contributed by atoms with Gasteiger partial charge in [0.2, 0.25) is 21.8 Å². The normalized spacial score (nSPS) is 12.9. The maximum Gasteiger partial charge on any atom is 0.242 e. The second kappa shape index (κ2) is 13.9. The van der Waals surface area contributed by atoms with E-state index in [0.29, 0.717) is 27.0 Å². The quantitative estimate of drug-likeness (QED) is 0.369. The molecule has 0 bridgehead atoms. The molecule has 0 saturated carbocycles. The number of sulfonamides is 1. The van der Waals surface area contributed by atoms with Crippen LogP contribution in [0.1, 0.15) is 45.6 Å². The first-order chi connectivity index (χ1) is 17.4. The number of hydrogen-bond acceptors (Lipinski definition) is 5. The fourth-order valence-corrected chi connectivity index (χ4v) is 5.14. The predicted octanol–water partition coefficient (Wildman–Crippen LogP) is 4.88. The second-order valence-electron chi connectivity index (χ2n) is 8.85. The molecule has 0 aliphatic rings. The van der Waals surface area contributed by atoms with E-state index in [2.05, 4.69) is 5.32 Å². The Morgan fingerprint density at radius 3 is 2.16 bits per heavy atom. The Balaban J connectivity index is 2.22. The Bertz CT molecular complexity index is 1150. The molecule has 2 unspecified atom stereocenters. The molecular formula is C26H35Cl2N3O5S. The monoisotopic (exact) mass is 571 g/mol. The van der Waals surface area contributed by atoms with Crippen LogP contribution in [0.15, 0.2) is 42.5 Å². The average molecular weight is 573 g/mol. The zero-order chi connectivity index (χ0) is 27.8. The highest BCUT2D eigenvalue weighted by Crippen LogP contribution is 2.27. The molecule has 37 heavy (non-hydrogen) atoms. The number of carbonyl (C=O) groups excluding carboxylic acids is 2. The summed E-state index contributed by atoms with van der Waals surface area (Å²) in [5, 5.41) is 3.69. The van der Waals surface area contributed by atoms with E-state index in [1.54, 1.807) is 49.4 Å². The summed E-state index contributed by atoms with van der Waals surface area (Å²) in [6.07, 6.45) is 2.12. The summed E-state index contributed by atoms with van der Waals surface area (Å²) in [6, 6.07) is 10.9. The summed E-state index contributed by atoms with van der Waals surface area (Å²) in [5.41, 5.74) is 1.01. The molecule has 11 heteroatoms. The first-order valence-corrected chi connectivity index (χ1v) is 14.6. The van der Waals surface area contributed by atoms with Gasteiger partial charge in [-0.15, -0.1) is 0 Å². The van der Waals surface area contributed by atoms with Crippen molar-refractivity contribution >= 4 is 50.7 Å². The maximum atomic E-state index is 13.4. The molecule has 2 atom stereocenters. The largest absolute Gasteiger partial charge is 0.497 e. The molecule has 8 nitrogen and oxygen atoms in total. The van der Waals surface area contributed by atoms with E-state index < -0.39 is 16.1 Å². The smallest absolute Gasteiger partial charge is 0.242 e. The van der Waals surface area contributed by atoms with Crippen molar-refractivity contribution in [3.8, 4) is 5.75 Å². The fourth-order valence-electron chi connectivity index (χ4n) is 3.65. The summed E-state index contributed by atoms with van der Waals surface area (Å²) < 4.78 is 31.3. The number of hydrogen-bond donors (Lipinski definition) is 1. The Hall–Kier alpha value is -2.49. The van der Waals surface area contributed by atoms with Crippen LogP contribution in [0.3, 0.4) is 0 Å². The molecule has 0 saturated heterocycles. The summed E-state index contributed by atoms with van der Waals surface area (Å²) in [4.78, 5) is 27.7. The number of carbonyl (C=O) groups is 2. The van der Waals surface area contributed by atoms with Crippen LogP contribution in [0.4, 0.5) is 5.69 Å². The molecule has 0 fully saturated rings. The maximum absolute atomic E-state index is 13.4. The molecule has 1 N–H and O–H groups in total. The average Bonchev–Trinajstić information content (AvgIpc) is 2.85. The summed E-state index contributed by atoms with van der Waals surface area (Å²) in [7, 11) is -2.06. The molecule has 0 radical (unpaired) electrons. The van der Waals surface area contributed by atoms with Crippen LogP contribution in [0.25, 0.3) is 0 Å². The van der Waals surface area contributed by atoms with Crippen molar-refractivity contribution in [2.75, 3.05) is 24.2 Å². The van der Waals surface area contributed by atoms with Crippen molar-refractivity contribution in [1.29, 1.82) is 0 Å². The molecule has 204 valence electrons. The van der Waals surface area contributed by atoms with E-state index >= 15 is 0 Å². The van der Waals surface area contributed by atoms with E-state index in [9.17, 15) is 18.0 Å². The van der Waals surface area contributed by atoms with Gasteiger partial charge in [0.05, 0.1) is 19.1 Å². The van der Waals surface area contributed by atoms with Gasteiger partial charge in [0.1, 0.15) is 11.8 Å². The highest BCUT2D eigenvalue weighted by Gasteiger charge is 2.28. The van der Waals surface area contributed by atoms with Crippen LogP contribution in [-0.4, -0.2) is 57.1 Å². The SMILES string of the molecule is CCC(C)NC(=O)C(C)N(Cc1c(Cl)cccc1Cl)C(=O)CCCN(c1ccc(OC)cc1)S(C)(=O)=O. The number of anilines is 1. The Morgan fingerprint density at radius 1 is 1.05 bits per heavy atom. The zero-order valence-electron chi connectivity index (χ0n) is 21.8. The van der Waals surface area contributed by atoms with Gasteiger partial charge < -0.3 is 15.0 Å². The van der Waals surface area contributed by atoms with Crippen molar-refractivity contribution in [3.63, 3.8) is 0 Å². The van der Waals surface area contributed by atoms with Gasteiger partial charge in [0.25, 0.3) is 0 Å². The van der Waals surface area contributed by atoms with Gasteiger partial charge in [-0.05, 0) is 63.1 Å². The lowest BCUT2D eigenvalue weighted by molar-refractivity contribution is -0.140. The molecule has 2 amide bonds. The predicted molar refractivity (Wildman–Crippen MR) is 149 cm³/mol. The topological polar surface area (TPSA) is 96.0 Å². The Kier molecular flexibility index (Phi) is 11.5. The number of rotatable bonds is 13. The van der Waals surface area contributed by atoms with Crippen LogP contribution in [-0.2, 0) is 26.2 Å². The van der Waals surface area contributed by atoms with E-state index in [-0.39, 0.29) is 43.8 Å². The number of methoxy groups -OCH3 is 1. The van der Waals surface area contributed by atoms with Crippen molar-refractivity contribution in [1.82, 2.24) is 10.2 Å². The van der Waals surface area contributed by atoms with Crippen LogP contribution in [0.2, 0.25) is 10.0 Å². The van der Waals surface area contributed by atoms with Crippen LogP contribution >= 0.6 is 23.2 Å². The molecule has 2 aromatic carbocycles. The van der Waals surface area contributed by atoms with E-state index in [0.717, 1.165) is 12.7 Å². The Labute approximate surface area is 229 Å².